The lowest BCUT2D eigenvalue weighted by Crippen LogP contribution is -2.09. The van der Waals surface area contributed by atoms with Crippen molar-refractivity contribution in [3.8, 4) is 11.8 Å². The van der Waals surface area contributed by atoms with E-state index in [1.54, 1.807) is 12.1 Å². The van der Waals surface area contributed by atoms with Gasteiger partial charge in [0.15, 0.2) is 5.38 Å². The van der Waals surface area contributed by atoms with Gasteiger partial charge in [0.1, 0.15) is 18.2 Å². The Morgan fingerprint density at radius 1 is 1.62 bits per heavy atom. The van der Waals surface area contributed by atoms with Gasteiger partial charge < -0.3 is 4.74 Å². The standard InChI is InChI=1S/C9H7ClFNO/c10-7(5-12)6-13-9-3-1-2-8(11)4-9/h1-4,7H,6H2. The molecule has 0 heterocycles. The third-order valence-electron chi connectivity index (χ3n) is 1.33. The van der Waals surface area contributed by atoms with E-state index in [9.17, 15) is 4.39 Å². The van der Waals surface area contributed by atoms with Crippen LogP contribution in [0.15, 0.2) is 24.3 Å². The van der Waals surface area contributed by atoms with E-state index in [0.717, 1.165) is 0 Å². The topological polar surface area (TPSA) is 33.0 Å². The summed E-state index contributed by atoms with van der Waals surface area (Å²) in [5.41, 5.74) is 0. The molecular formula is C9H7ClFNO. The van der Waals surface area contributed by atoms with Crippen LogP contribution in [-0.4, -0.2) is 12.0 Å². The fourth-order valence-electron chi connectivity index (χ4n) is 0.763. The number of benzene rings is 1. The van der Waals surface area contributed by atoms with E-state index in [1.807, 2.05) is 0 Å². The Bertz CT molecular complexity index is 324. The summed E-state index contributed by atoms with van der Waals surface area (Å²) in [7, 11) is 0. The zero-order valence-electron chi connectivity index (χ0n) is 6.71. The van der Waals surface area contributed by atoms with Gasteiger partial charge in [0.2, 0.25) is 0 Å². The van der Waals surface area contributed by atoms with Gasteiger partial charge in [-0.25, -0.2) is 4.39 Å². The Balaban J connectivity index is 2.51. The average molecular weight is 200 g/mol. The minimum atomic E-state index is -0.705. The maximum Gasteiger partial charge on any atom is 0.154 e. The van der Waals surface area contributed by atoms with Crippen molar-refractivity contribution in [1.82, 2.24) is 0 Å². The van der Waals surface area contributed by atoms with Crippen molar-refractivity contribution in [1.29, 1.82) is 5.26 Å². The molecule has 2 nitrogen and oxygen atoms in total. The van der Waals surface area contributed by atoms with Gasteiger partial charge in [0, 0.05) is 6.07 Å². The summed E-state index contributed by atoms with van der Waals surface area (Å²) in [5.74, 6) is 0.00137. The molecule has 0 fully saturated rings. The van der Waals surface area contributed by atoms with Crippen LogP contribution in [0, 0.1) is 17.1 Å². The van der Waals surface area contributed by atoms with Crippen molar-refractivity contribution < 1.29 is 9.13 Å². The number of alkyl halides is 1. The molecule has 0 saturated carbocycles. The van der Waals surface area contributed by atoms with Crippen LogP contribution in [0.1, 0.15) is 0 Å². The zero-order valence-corrected chi connectivity index (χ0v) is 7.46. The Kier molecular flexibility index (Phi) is 3.53. The molecule has 1 atom stereocenters. The molecule has 0 bridgehead atoms. The summed E-state index contributed by atoms with van der Waals surface area (Å²) in [5, 5.41) is 7.63. The van der Waals surface area contributed by atoms with Gasteiger partial charge in [-0.3, -0.25) is 0 Å². The van der Waals surface area contributed by atoms with Gasteiger partial charge in [-0.15, -0.1) is 11.6 Å². The molecule has 1 aromatic rings. The second-order valence-corrected chi connectivity index (χ2v) is 2.89. The highest BCUT2D eigenvalue weighted by atomic mass is 35.5. The third-order valence-corrected chi connectivity index (χ3v) is 1.56. The number of nitrogens with zero attached hydrogens (tertiary/aromatic N) is 1. The first-order valence-corrected chi connectivity index (χ1v) is 4.08. The van der Waals surface area contributed by atoms with Crippen LogP contribution >= 0.6 is 11.6 Å². The van der Waals surface area contributed by atoms with E-state index in [2.05, 4.69) is 0 Å². The van der Waals surface area contributed by atoms with Crippen LogP contribution in [0.5, 0.6) is 5.75 Å². The molecule has 0 saturated heterocycles. The minimum absolute atomic E-state index is 0.0571. The minimum Gasteiger partial charge on any atom is -0.491 e. The molecule has 0 aromatic heterocycles. The first-order chi connectivity index (χ1) is 6.22. The van der Waals surface area contributed by atoms with Gasteiger partial charge in [0.25, 0.3) is 0 Å². The second-order valence-electron chi connectivity index (χ2n) is 2.37. The van der Waals surface area contributed by atoms with Gasteiger partial charge in [-0.2, -0.15) is 5.26 Å². The molecule has 1 unspecified atom stereocenters. The second kappa shape index (κ2) is 4.68. The van der Waals surface area contributed by atoms with Crippen molar-refractivity contribution in [3.63, 3.8) is 0 Å². The summed E-state index contributed by atoms with van der Waals surface area (Å²) in [6.07, 6.45) is 0. The Labute approximate surface area is 80.5 Å². The van der Waals surface area contributed by atoms with Crippen molar-refractivity contribution in [2.24, 2.45) is 0 Å². The number of hydrogen-bond donors (Lipinski definition) is 0. The fourth-order valence-corrected chi connectivity index (χ4v) is 0.826. The molecule has 0 spiro atoms. The summed E-state index contributed by atoms with van der Waals surface area (Å²) in [6.45, 7) is 0.0571. The van der Waals surface area contributed by atoms with Crippen molar-refractivity contribution in [2.45, 2.75) is 5.38 Å². The Morgan fingerprint density at radius 2 is 2.38 bits per heavy atom. The predicted molar refractivity (Wildman–Crippen MR) is 47.1 cm³/mol. The summed E-state index contributed by atoms with van der Waals surface area (Å²) >= 11 is 5.48. The van der Waals surface area contributed by atoms with Gasteiger partial charge in [-0.05, 0) is 12.1 Å². The molecule has 0 aliphatic rings. The maximum atomic E-state index is 12.6. The molecule has 4 heteroatoms. The Hall–Kier alpha value is -1.27. The van der Waals surface area contributed by atoms with Crippen LogP contribution in [0.4, 0.5) is 4.39 Å². The molecule has 0 radical (unpaired) electrons. The van der Waals surface area contributed by atoms with Crippen LogP contribution in [0.2, 0.25) is 0 Å². The molecule has 0 aliphatic carbocycles. The van der Waals surface area contributed by atoms with Crippen LogP contribution < -0.4 is 4.74 Å². The monoisotopic (exact) mass is 199 g/mol. The quantitative estimate of drug-likeness (QED) is 0.700. The number of ether oxygens (including phenoxy) is 1. The van der Waals surface area contributed by atoms with Gasteiger partial charge in [-0.1, -0.05) is 6.07 Å². The predicted octanol–water partition coefficient (Wildman–Crippen LogP) is 2.34. The Morgan fingerprint density at radius 3 is 3.00 bits per heavy atom. The molecule has 0 aliphatic heterocycles. The number of rotatable bonds is 3. The van der Waals surface area contributed by atoms with Crippen LogP contribution in [-0.2, 0) is 0 Å². The van der Waals surface area contributed by atoms with E-state index < -0.39 is 5.38 Å². The van der Waals surface area contributed by atoms with Crippen molar-refractivity contribution in [2.75, 3.05) is 6.61 Å². The smallest absolute Gasteiger partial charge is 0.154 e. The first kappa shape index (κ1) is 9.82. The van der Waals surface area contributed by atoms with Crippen molar-refractivity contribution in [3.05, 3.63) is 30.1 Å². The molecule has 0 N–H and O–H groups in total. The number of nitriles is 1. The number of hydrogen-bond acceptors (Lipinski definition) is 2. The first-order valence-electron chi connectivity index (χ1n) is 3.64. The SMILES string of the molecule is N#CC(Cl)COc1cccc(F)c1. The number of halogens is 2. The molecule has 1 aromatic carbocycles. The van der Waals surface area contributed by atoms with E-state index in [1.165, 1.54) is 18.2 Å². The van der Waals surface area contributed by atoms with E-state index in [-0.39, 0.29) is 12.4 Å². The summed E-state index contributed by atoms with van der Waals surface area (Å²) in [6, 6.07) is 7.48. The molecule has 0 amide bonds. The van der Waals surface area contributed by atoms with Gasteiger partial charge in [0.05, 0.1) is 6.07 Å². The molecule has 68 valence electrons. The molecular weight excluding hydrogens is 193 g/mol. The lowest BCUT2D eigenvalue weighted by molar-refractivity contribution is 0.327. The van der Waals surface area contributed by atoms with Crippen LogP contribution in [0.25, 0.3) is 0 Å². The largest absolute Gasteiger partial charge is 0.491 e. The summed E-state index contributed by atoms with van der Waals surface area (Å²) < 4.78 is 17.6. The average Bonchev–Trinajstić information content (AvgIpc) is 2.14. The van der Waals surface area contributed by atoms with Crippen LogP contribution in [0.3, 0.4) is 0 Å². The highest BCUT2D eigenvalue weighted by molar-refractivity contribution is 6.22. The summed E-state index contributed by atoms with van der Waals surface area (Å²) in [4.78, 5) is 0. The molecule has 1 rings (SSSR count). The lowest BCUT2D eigenvalue weighted by atomic mass is 10.3. The maximum absolute atomic E-state index is 12.6. The third kappa shape index (κ3) is 3.30. The highest BCUT2D eigenvalue weighted by Gasteiger charge is 2.03. The van der Waals surface area contributed by atoms with Crippen molar-refractivity contribution >= 4 is 11.6 Å². The van der Waals surface area contributed by atoms with E-state index in [4.69, 9.17) is 21.6 Å². The van der Waals surface area contributed by atoms with E-state index in [0.29, 0.717) is 5.75 Å². The van der Waals surface area contributed by atoms with E-state index >= 15 is 0 Å². The molecule has 13 heavy (non-hydrogen) atoms. The fraction of sp³-hybridized carbons (Fsp3) is 0.222. The highest BCUT2D eigenvalue weighted by Crippen LogP contribution is 2.12. The zero-order chi connectivity index (χ0) is 9.68. The normalized spacial score (nSPS) is 11.8. The lowest BCUT2D eigenvalue weighted by Gasteiger charge is -2.05. The van der Waals surface area contributed by atoms with Gasteiger partial charge >= 0.3 is 0 Å².